The molecule has 0 aliphatic carbocycles. The zero-order valence-electron chi connectivity index (χ0n) is 11.6. The lowest BCUT2D eigenvalue weighted by molar-refractivity contribution is 0.291. The molecule has 1 N–H and O–H groups in total. The molecule has 0 saturated carbocycles. The highest BCUT2D eigenvalue weighted by Gasteiger charge is 2.05. The molecule has 0 saturated heterocycles. The smallest absolute Gasteiger partial charge is 0.170 e. The molecule has 1 aromatic carbocycles. The van der Waals surface area contributed by atoms with E-state index in [1.165, 1.54) is 5.56 Å². The Balaban J connectivity index is 1.93. The molecule has 0 amide bonds. The van der Waals surface area contributed by atoms with Gasteiger partial charge in [0, 0.05) is 13.1 Å². The number of nitrogens with one attached hydrogen (secondary N) is 1. The summed E-state index contributed by atoms with van der Waals surface area (Å²) in [5.74, 6) is 1.65. The van der Waals surface area contributed by atoms with Crippen molar-refractivity contribution in [2.24, 2.45) is 7.05 Å². The van der Waals surface area contributed by atoms with Gasteiger partial charge in [0.15, 0.2) is 5.82 Å². The van der Waals surface area contributed by atoms with Gasteiger partial charge in [-0.25, -0.2) is 0 Å². The normalized spacial score (nSPS) is 12.4. The van der Waals surface area contributed by atoms with E-state index in [9.17, 15) is 0 Å². The van der Waals surface area contributed by atoms with Crippen molar-refractivity contribution in [1.29, 1.82) is 0 Å². The maximum atomic E-state index is 5.68. The van der Waals surface area contributed by atoms with Gasteiger partial charge in [0.25, 0.3) is 0 Å². The Morgan fingerprint density at radius 2 is 2.05 bits per heavy atom. The average Bonchev–Trinajstić information content (AvgIpc) is 2.83. The minimum absolute atomic E-state index is 0.359. The lowest BCUT2D eigenvalue weighted by Crippen LogP contribution is -2.17. The van der Waals surface area contributed by atoms with Crippen LogP contribution in [0.25, 0.3) is 0 Å². The summed E-state index contributed by atoms with van der Waals surface area (Å²) in [6.07, 6.45) is 1.67. The molecule has 0 bridgehead atoms. The Kier molecular flexibility index (Phi) is 4.52. The second kappa shape index (κ2) is 6.33. The lowest BCUT2D eigenvalue weighted by atomic mass is 10.1. The van der Waals surface area contributed by atoms with Crippen molar-refractivity contribution < 1.29 is 4.74 Å². The first-order valence-corrected chi connectivity index (χ1v) is 6.49. The standard InChI is InChI=1S/C14H20N4O/c1-4-15-11(2)12-5-7-13(8-6-12)19-9-14-17-16-10-18(14)3/h5-8,10-11,15H,4,9H2,1-3H3. The Bertz CT molecular complexity index is 506. The second-order valence-corrected chi connectivity index (χ2v) is 4.50. The molecule has 0 fully saturated rings. The molecule has 2 rings (SSSR count). The van der Waals surface area contributed by atoms with Crippen LogP contribution in [0.4, 0.5) is 0 Å². The zero-order chi connectivity index (χ0) is 13.7. The first-order chi connectivity index (χ1) is 9.20. The van der Waals surface area contributed by atoms with Gasteiger partial charge in [-0.15, -0.1) is 10.2 Å². The number of aromatic nitrogens is 3. The molecule has 1 unspecified atom stereocenters. The highest BCUT2D eigenvalue weighted by atomic mass is 16.5. The van der Waals surface area contributed by atoms with E-state index >= 15 is 0 Å². The SMILES string of the molecule is CCNC(C)c1ccc(OCc2nncn2C)cc1. The van der Waals surface area contributed by atoms with Crippen molar-refractivity contribution in [3.8, 4) is 5.75 Å². The largest absolute Gasteiger partial charge is 0.486 e. The van der Waals surface area contributed by atoms with Gasteiger partial charge in [-0.1, -0.05) is 19.1 Å². The number of hydrogen-bond donors (Lipinski definition) is 1. The predicted molar refractivity (Wildman–Crippen MR) is 73.9 cm³/mol. The van der Waals surface area contributed by atoms with E-state index in [0.29, 0.717) is 12.6 Å². The quantitative estimate of drug-likeness (QED) is 0.864. The van der Waals surface area contributed by atoms with Crippen LogP contribution in [0.5, 0.6) is 5.75 Å². The summed E-state index contributed by atoms with van der Waals surface area (Å²) in [6, 6.07) is 8.50. The van der Waals surface area contributed by atoms with Crippen molar-refractivity contribution >= 4 is 0 Å². The Hall–Kier alpha value is -1.88. The van der Waals surface area contributed by atoms with Gasteiger partial charge in [0.2, 0.25) is 0 Å². The molecule has 5 heteroatoms. The number of ether oxygens (including phenoxy) is 1. The summed E-state index contributed by atoms with van der Waals surface area (Å²) in [7, 11) is 1.90. The van der Waals surface area contributed by atoms with Crippen LogP contribution in [0.2, 0.25) is 0 Å². The summed E-state index contributed by atoms with van der Waals surface area (Å²) < 4.78 is 7.53. The topological polar surface area (TPSA) is 52.0 Å². The fourth-order valence-electron chi connectivity index (χ4n) is 1.86. The summed E-state index contributed by atoms with van der Waals surface area (Å²) in [5.41, 5.74) is 1.26. The number of rotatable bonds is 6. The molecule has 0 spiro atoms. The third kappa shape index (κ3) is 3.54. The molecule has 2 aromatic rings. The van der Waals surface area contributed by atoms with Gasteiger partial charge in [-0.2, -0.15) is 0 Å². The molecule has 19 heavy (non-hydrogen) atoms. The van der Waals surface area contributed by atoms with Gasteiger partial charge in [0.1, 0.15) is 18.7 Å². The van der Waals surface area contributed by atoms with E-state index in [2.05, 4.69) is 41.5 Å². The average molecular weight is 260 g/mol. The van der Waals surface area contributed by atoms with Crippen LogP contribution in [0.3, 0.4) is 0 Å². The summed E-state index contributed by atoms with van der Waals surface area (Å²) >= 11 is 0. The molecule has 1 aromatic heterocycles. The van der Waals surface area contributed by atoms with Crippen LogP contribution < -0.4 is 10.1 Å². The second-order valence-electron chi connectivity index (χ2n) is 4.50. The van der Waals surface area contributed by atoms with Crippen LogP contribution in [0.15, 0.2) is 30.6 Å². The van der Waals surface area contributed by atoms with Crippen LogP contribution in [-0.4, -0.2) is 21.3 Å². The first-order valence-electron chi connectivity index (χ1n) is 6.49. The fourth-order valence-corrected chi connectivity index (χ4v) is 1.86. The molecule has 0 aliphatic heterocycles. The third-order valence-electron chi connectivity index (χ3n) is 3.06. The van der Waals surface area contributed by atoms with Crippen molar-refractivity contribution in [2.75, 3.05) is 6.54 Å². The van der Waals surface area contributed by atoms with Gasteiger partial charge >= 0.3 is 0 Å². The summed E-state index contributed by atoms with van der Waals surface area (Å²) in [6.45, 7) is 5.65. The van der Waals surface area contributed by atoms with Crippen LogP contribution in [0, 0.1) is 0 Å². The monoisotopic (exact) mass is 260 g/mol. The number of benzene rings is 1. The lowest BCUT2D eigenvalue weighted by Gasteiger charge is -2.13. The van der Waals surface area contributed by atoms with Gasteiger partial charge in [-0.3, -0.25) is 0 Å². The van der Waals surface area contributed by atoms with Crippen molar-refractivity contribution in [3.05, 3.63) is 42.0 Å². The number of hydrogen-bond acceptors (Lipinski definition) is 4. The molecule has 0 radical (unpaired) electrons. The Morgan fingerprint density at radius 1 is 1.32 bits per heavy atom. The molecule has 1 atom stereocenters. The highest BCUT2D eigenvalue weighted by molar-refractivity contribution is 5.29. The minimum atomic E-state index is 0.359. The first kappa shape index (κ1) is 13.5. The van der Waals surface area contributed by atoms with E-state index in [4.69, 9.17) is 4.74 Å². The maximum Gasteiger partial charge on any atom is 0.170 e. The highest BCUT2D eigenvalue weighted by Crippen LogP contribution is 2.18. The summed E-state index contributed by atoms with van der Waals surface area (Å²) in [4.78, 5) is 0. The number of nitrogens with zero attached hydrogens (tertiary/aromatic N) is 3. The summed E-state index contributed by atoms with van der Waals surface area (Å²) in [5, 5.41) is 11.2. The zero-order valence-corrected chi connectivity index (χ0v) is 11.6. The van der Waals surface area contributed by atoms with Crippen molar-refractivity contribution in [1.82, 2.24) is 20.1 Å². The maximum absolute atomic E-state index is 5.68. The van der Waals surface area contributed by atoms with E-state index < -0.39 is 0 Å². The van der Waals surface area contributed by atoms with E-state index in [1.807, 2.05) is 23.7 Å². The number of aryl methyl sites for hydroxylation is 1. The van der Waals surface area contributed by atoms with Gasteiger partial charge in [-0.05, 0) is 31.2 Å². The van der Waals surface area contributed by atoms with Crippen LogP contribution >= 0.6 is 0 Å². The molecule has 0 aliphatic rings. The van der Waals surface area contributed by atoms with Crippen molar-refractivity contribution in [2.45, 2.75) is 26.5 Å². The van der Waals surface area contributed by atoms with E-state index in [0.717, 1.165) is 18.1 Å². The fraction of sp³-hybridized carbons (Fsp3) is 0.429. The van der Waals surface area contributed by atoms with Gasteiger partial charge in [0.05, 0.1) is 0 Å². The Morgan fingerprint density at radius 3 is 2.63 bits per heavy atom. The minimum Gasteiger partial charge on any atom is -0.486 e. The molecular formula is C14H20N4O. The predicted octanol–water partition coefficient (Wildman–Crippen LogP) is 2.06. The molecular weight excluding hydrogens is 240 g/mol. The van der Waals surface area contributed by atoms with Gasteiger partial charge < -0.3 is 14.6 Å². The third-order valence-corrected chi connectivity index (χ3v) is 3.06. The van der Waals surface area contributed by atoms with Crippen molar-refractivity contribution in [3.63, 3.8) is 0 Å². The molecule has 102 valence electrons. The molecule has 1 heterocycles. The molecule has 5 nitrogen and oxygen atoms in total. The Labute approximate surface area is 113 Å². The van der Waals surface area contributed by atoms with Crippen LogP contribution in [-0.2, 0) is 13.7 Å². The van der Waals surface area contributed by atoms with E-state index in [1.54, 1.807) is 6.33 Å². The van der Waals surface area contributed by atoms with E-state index in [-0.39, 0.29) is 0 Å². The van der Waals surface area contributed by atoms with Crippen LogP contribution in [0.1, 0.15) is 31.3 Å².